The third-order valence-corrected chi connectivity index (χ3v) is 4.61. The quantitative estimate of drug-likeness (QED) is 0.711. The van der Waals surface area contributed by atoms with Crippen LogP contribution < -0.4 is 10.1 Å². The highest BCUT2D eigenvalue weighted by atomic mass is 35.5. The first-order valence-corrected chi connectivity index (χ1v) is 8.50. The molecule has 6 heteroatoms. The lowest BCUT2D eigenvalue weighted by Gasteiger charge is -2.04. The summed E-state index contributed by atoms with van der Waals surface area (Å²) in [6.07, 6.45) is 0. The molecule has 3 rings (SSSR count). The molecule has 0 radical (unpaired) electrons. The van der Waals surface area contributed by atoms with Crippen LogP contribution in [-0.4, -0.2) is 18.0 Å². The van der Waals surface area contributed by atoms with Gasteiger partial charge in [0, 0.05) is 16.6 Å². The van der Waals surface area contributed by atoms with E-state index in [4.69, 9.17) is 16.3 Å². The molecule has 2 aromatic carbocycles. The maximum atomic E-state index is 12.3. The summed E-state index contributed by atoms with van der Waals surface area (Å²) in [5, 5.41) is 5.80. The van der Waals surface area contributed by atoms with E-state index >= 15 is 0 Å². The van der Waals surface area contributed by atoms with Crippen LogP contribution in [0.2, 0.25) is 5.02 Å². The Balaban J connectivity index is 1.81. The van der Waals surface area contributed by atoms with Crippen molar-refractivity contribution in [3.63, 3.8) is 0 Å². The van der Waals surface area contributed by atoms with E-state index in [1.807, 2.05) is 43.3 Å². The number of anilines is 1. The Bertz CT molecular complexity index is 892. The minimum Gasteiger partial charge on any atom is -0.497 e. The zero-order chi connectivity index (χ0) is 17.1. The van der Waals surface area contributed by atoms with Crippen molar-refractivity contribution in [3.8, 4) is 16.3 Å². The molecular weight excluding hydrogens is 344 g/mol. The zero-order valence-electron chi connectivity index (χ0n) is 13.2. The highest BCUT2D eigenvalue weighted by Gasteiger charge is 2.14. The lowest BCUT2D eigenvalue weighted by atomic mass is 10.2. The molecule has 0 bridgehead atoms. The first-order valence-electron chi connectivity index (χ1n) is 7.24. The predicted octanol–water partition coefficient (Wildman–Crippen LogP) is 5.03. The van der Waals surface area contributed by atoms with E-state index in [0.29, 0.717) is 21.5 Å². The number of hydrogen-bond acceptors (Lipinski definition) is 4. The molecule has 24 heavy (non-hydrogen) atoms. The molecule has 1 N–H and O–H groups in total. The Morgan fingerprint density at radius 3 is 2.79 bits per heavy atom. The lowest BCUT2D eigenvalue weighted by Crippen LogP contribution is -2.12. The first-order chi connectivity index (χ1) is 11.6. The lowest BCUT2D eigenvalue weighted by molar-refractivity contribution is 0.102. The summed E-state index contributed by atoms with van der Waals surface area (Å²) in [6, 6.07) is 13.0. The van der Waals surface area contributed by atoms with Gasteiger partial charge in [0.25, 0.3) is 5.91 Å². The van der Waals surface area contributed by atoms with Crippen LogP contribution in [0.4, 0.5) is 5.69 Å². The fraction of sp³-hybridized carbons (Fsp3) is 0.111. The number of thiazole rings is 1. The Kier molecular flexibility index (Phi) is 4.83. The van der Waals surface area contributed by atoms with Crippen LogP contribution in [0.25, 0.3) is 10.6 Å². The number of aryl methyl sites for hydroxylation is 1. The maximum Gasteiger partial charge on any atom is 0.275 e. The molecule has 0 atom stereocenters. The second kappa shape index (κ2) is 7.03. The average molecular weight is 359 g/mol. The fourth-order valence-electron chi connectivity index (χ4n) is 2.22. The van der Waals surface area contributed by atoms with Gasteiger partial charge in [-0.2, -0.15) is 0 Å². The van der Waals surface area contributed by atoms with E-state index in [9.17, 15) is 4.79 Å². The van der Waals surface area contributed by atoms with Crippen LogP contribution in [0.15, 0.2) is 47.8 Å². The van der Waals surface area contributed by atoms with Gasteiger partial charge in [-0.1, -0.05) is 23.7 Å². The number of hydrogen-bond donors (Lipinski definition) is 1. The molecule has 0 saturated carbocycles. The highest BCUT2D eigenvalue weighted by molar-refractivity contribution is 7.13. The van der Waals surface area contributed by atoms with Crippen molar-refractivity contribution in [2.24, 2.45) is 0 Å². The molecule has 0 saturated heterocycles. The van der Waals surface area contributed by atoms with Crippen LogP contribution in [0.1, 0.15) is 16.1 Å². The van der Waals surface area contributed by atoms with Crippen LogP contribution in [0, 0.1) is 6.92 Å². The molecule has 122 valence electrons. The van der Waals surface area contributed by atoms with Gasteiger partial charge in [0.15, 0.2) is 0 Å². The van der Waals surface area contributed by atoms with Gasteiger partial charge in [0.05, 0.1) is 12.1 Å². The molecule has 1 amide bonds. The maximum absolute atomic E-state index is 12.3. The minimum absolute atomic E-state index is 0.243. The number of nitrogens with zero attached hydrogens (tertiary/aromatic N) is 1. The average Bonchev–Trinajstić information content (AvgIpc) is 3.04. The number of nitrogens with one attached hydrogen (secondary N) is 1. The van der Waals surface area contributed by atoms with Crippen LogP contribution in [-0.2, 0) is 0 Å². The van der Waals surface area contributed by atoms with Crippen molar-refractivity contribution in [1.29, 1.82) is 0 Å². The summed E-state index contributed by atoms with van der Waals surface area (Å²) in [6.45, 7) is 1.97. The van der Waals surface area contributed by atoms with Gasteiger partial charge in [-0.3, -0.25) is 4.79 Å². The number of benzene rings is 2. The second-order valence-electron chi connectivity index (χ2n) is 5.21. The molecule has 0 fully saturated rings. The Labute approximate surface area is 149 Å². The van der Waals surface area contributed by atoms with Gasteiger partial charge in [0.1, 0.15) is 16.5 Å². The van der Waals surface area contributed by atoms with Crippen LogP contribution in [0.3, 0.4) is 0 Å². The fourth-order valence-corrected chi connectivity index (χ4v) is 3.37. The SMILES string of the molecule is COc1ccc(-c2nc(C(=O)Nc3cccc(C)c3)cs2)c(Cl)c1. The number of carbonyl (C=O) groups is 1. The summed E-state index contributed by atoms with van der Waals surface area (Å²) in [5.41, 5.74) is 2.97. The summed E-state index contributed by atoms with van der Waals surface area (Å²) in [5.74, 6) is 0.436. The number of ether oxygens (including phenoxy) is 1. The summed E-state index contributed by atoms with van der Waals surface area (Å²) in [4.78, 5) is 16.7. The van der Waals surface area contributed by atoms with Crippen LogP contribution in [0.5, 0.6) is 5.75 Å². The number of halogens is 1. The molecule has 4 nitrogen and oxygen atoms in total. The molecule has 0 unspecified atom stereocenters. The number of carbonyl (C=O) groups excluding carboxylic acids is 1. The van der Waals surface area contributed by atoms with E-state index in [0.717, 1.165) is 16.8 Å². The Morgan fingerprint density at radius 2 is 2.08 bits per heavy atom. The first kappa shape index (κ1) is 16.5. The minimum atomic E-state index is -0.243. The second-order valence-corrected chi connectivity index (χ2v) is 6.47. The number of rotatable bonds is 4. The van der Waals surface area contributed by atoms with Crippen molar-refractivity contribution in [2.45, 2.75) is 6.92 Å². The van der Waals surface area contributed by atoms with Crippen molar-refractivity contribution < 1.29 is 9.53 Å². The summed E-state index contributed by atoms with van der Waals surface area (Å²) < 4.78 is 5.14. The molecule has 0 spiro atoms. The van der Waals surface area contributed by atoms with Crippen molar-refractivity contribution >= 4 is 34.5 Å². The monoisotopic (exact) mass is 358 g/mol. The molecular formula is C18H15ClN2O2S. The van der Waals surface area contributed by atoms with Gasteiger partial charge in [-0.05, 0) is 42.8 Å². The third kappa shape index (κ3) is 3.58. The van der Waals surface area contributed by atoms with E-state index < -0.39 is 0 Å². The topological polar surface area (TPSA) is 51.2 Å². The summed E-state index contributed by atoms with van der Waals surface area (Å²) in [7, 11) is 1.59. The number of methoxy groups -OCH3 is 1. The van der Waals surface area contributed by atoms with Gasteiger partial charge in [0.2, 0.25) is 0 Å². The Hall–Kier alpha value is -2.37. The van der Waals surface area contributed by atoms with E-state index in [1.165, 1.54) is 11.3 Å². The number of aromatic nitrogens is 1. The third-order valence-electron chi connectivity index (χ3n) is 3.42. The van der Waals surface area contributed by atoms with E-state index in [1.54, 1.807) is 18.6 Å². The molecule has 0 aliphatic heterocycles. The van der Waals surface area contributed by atoms with E-state index in [2.05, 4.69) is 10.3 Å². The van der Waals surface area contributed by atoms with Gasteiger partial charge >= 0.3 is 0 Å². The van der Waals surface area contributed by atoms with Crippen LogP contribution >= 0.6 is 22.9 Å². The van der Waals surface area contributed by atoms with Crippen molar-refractivity contribution in [1.82, 2.24) is 4.98 Å². The molecule has 1 heterocycles. The van der Waals surface area contributed by atoms with Gasteiger partial charge < -0.3 is 10.1 Å². The smallest absolute Gasteiger partial charge is 0.275 e. The molecule has 0 aliphatic carbocycles. The Morgan fingerprint density at radius 1 is 1.25 bits per heavy atom. The van der Waals surface area contributed by atoms with Crippen molar-refractivity contribution in [2.75, 3.05) is 12.4 Å². The van der Waals surface area contributed by atoms with E-state index in [-0.39, 0.29) is 5.91 Å². The molecule has 1 aromatic heterocycles. The zero-order valence-corrected chi connectivity index (χ0v) is 14.7. The normalized spacial score (nSPS) is 10.5. The van der Waals surface area contributed by atoms with Crippen molar-refractivity contribution in [3.05, 3.63) is 64.1 Å². The summed E-state index contributed by atoms with van der Waals surface area (Å²) >= 11 is 7.64. The highest BCUT2D eigenvalue weighted by Crippen LogP contribution is 2.33. The number of amides is 1. The predicted molar refractivity (Wildman–Crippen MR) is 98.2 cm³/mol. The largest absolute Gasteiger partial charge is 0.497 e. The molecule has 3 aromatic rings. The van der Waals surface area contributed by atoms with Gasteiger partial charge in [-0.15, -0.1) is 11.3 Å². The standard InChI is InChI=1S/C18H15ClN2O2S/c1-11-4-3-5-12(8-11)20-17(22)16-10-24-18(21-16)14-7-6-13(23-2)9-15(14)19/h3-10H,1-2H3,(H,20,22). The van der Waals surface area contributed by atoms with Gasteiger partial charge in [-0.25, -0.2) is 4.98 Å². The molecule has 0 aliphatic rings.